The quantitative estimate of drug-likeness (QED) is 0.774. The van der Waals surface area contributed by atoms with E-state index >= 15 is 0 Å². The van der Waals surface area contributed by atoms with Crippen molar-refractivity contribution in [2.24, 2.45) is 5.73 Å². The summed E-state index contributed by atoms with van der Waals surface area (Å²) in [5.41, 5.74) is 6.80. The van der Waals surface area contributed by atoms with E-state index < -0.39 is 5.97 Å². The normalized spacial score (nSPS) is 20.2. The van der Waals surface area contributed by atoms with E-state index in [0.717, 1.165) is 18.8 Å². The topological polar surface area (TPSA) is 77.7 Å². The fourth-order valence-corrected chi connectivity index (χ4v) is 2.08. The summed E-state index contributed by atoms with van der Waals surface area (Å²) in [5, 5.41) is 0. The first-order chi connectivity index (χ1) is 9.22. The van der Waals surface area contributed by atoms with Gasteiger partial charge in [0.2, 0.25) is 0 Å². The first-order valence-corrected chi connectivity index (χ1v) is 6.31. The number of morpholine rings is 1. The summed E-state index contributed by atoms with van der Waals surface area (Å²) in [6.07, 6.45) is 0.0811. The van der Waals surface area contributed by atoms with Crippen molar-refractivity contribution in [1.29, 1.82) is 0 Å². The van der Waals surface area contributed by atoms with Gasteiger partial charge in [-0.2, -0.15) is 0 Å². The summed E-state index contributed by atoms with van der Waals surface area (Å²) < 4.78 is 10.2. The molecule has 0 amide bonds. The van der Waals surface area contributed by atoms with Gasteiger partial charge in [-0.25, -0.2) is 9.78 Å². The molecule has 1 atom stereocenters. The molecule has 6 heteroatoms. The van der Waals surface area contributed by atoms with Gasteiger partial charge in [0, 0.05) is 26.2 Å². The van der Waals surface area contributed by atoms with Gasteiger partial charge in [-0.3, -0.25) is 4.90 Å². The molecule has 1 aromatic heterocycles. The van der Waals surface area contributed by atoms with Gasteiger partial charge in [-0.15, -0.1) is 0 Å². The van der Waals surface area contributed by atoms with E-state index in [1.54, 1.807) is 6.07 Å². The third kappa shape index (κ3) is 3.73. The van der Waals surface area contributed by atoms with Crippen LogP contribution in [-0.4, -0.2) is 55.3 Å². The van der Waals surface area contributed by atoms with E-state index in [4.69, 9.17) is 10.5 Å². The largest absolute Gasteiger partial charge is 0.464 e. The molecule has 0 radical (unpaired) electrons. The number of carbonyl (C=O) groups is 1. The molecule has 1 aliphatic rings. The summed E-state index contributed by atoms with van der Waals surface area (Å²) in [6.45, 7) is 3.52. The van der Waals surface area contributed by atoms with Crippen molar-refractivity contribution < 1.29 is 14.3 Å². The Balaban J connectivity index is 2.00. The second-order valence-electron chi connectivity index (χ2n) is 4.47. The summed E-state index contributed by atoms with van der Waals surface area (Å²) in [5.74, 6) is -0.413. The second-order valence-corrected chi connectivity index (χ2v) is 4.47. The van der Waals surface area contributed by atoms with Crippen LogP contribution in [-0.2, 0) is 16.0 Å². The van der Waals surface area contributed by atoms with Gasteiger partial charge in [-0.05, 0) is 12.1 Å². The number of methoxy groups -OCH3 is 1. The van der Waals surface area contributed by atoms with E-state index in [1.165, 1.54) is 7.11 Å². The lowest BCUT2D eigenvalue weighted by molar-refractivity contribution is -0.0264. The van der Waals surface area contributed by atoms with Crippen LogP contribution >= 0.6 is 0 Å². The van der Waals surface area contributed by atoms with Gasteiger partial charge in [0.05, 0.1) is 25.5 Å². The average Bonchev–Trinajstić information content (AvgIpc) is 2.47. The number of esters is 1. The second kappa shape index (κ2) is 6.60. The van der Waals surface area contributed by atoms with Crippen LogP contribution in [0.3, 0.4) is 0 Å². The van der Waals surface area contributed by atoms with Gasteiger partial charge in [0.15, 0.2) is 0 Å². The number of hydrogen-bond donors (Lipinski definition) is 1. The molecule has 1 unspecified atom stereocenters. The lowest BCUT2D eigenvalue weighted by Gasteiger charge is -2.32. The van der Waals surface area contributed by atoms with Gasteiger partial charge in [0.1, 0.15) is 5.69 Å². The van der Waals surface area contributed by atoms with Gasteiger partial charge in [-0.1, -0.05) is 6.07 Å². The molecule has 0 aromatic carbocycles. The molecule has 104 valence electrons. The SMILES string of the molecule is COC(=O)c1cccc(CN2CCOC(CN)C2)n1. The highest BCUT2D eigenvalue weighted by atomic mass is 16.5. The Hall–Kier alpha value is -1.50. The molecule has 0 spiro atoms. The smallest absolute Gasteiger partial charge is 0.356 e. The molecule has 1 fully saturated rings. The maximum Gasteiger partial charge on any atom is 0.356 e. The van der Waals surface area contributed by atoms with Gasteiger partial charge < -0.3 is 15.2 Å². The number of rotatable bonds is 4. The Labute approximate surface area is 112 Å². The summed E-state index contributed by atoms with van der Waals surface area (Å²) in [7, 11) is 1.35. The predicted molar refractivity (Wildman–Crippen MR) is 69.6 cm³/mol. The highest BCUT2D eigenvalue weighted by Crippen LogP contribution is 2.09. The number of aromatic nitrogens is 1. The van der Waals surface area contributed by atoms with Crippen LogP contribution in [0, 0.1) is 0 Å². The molecule has 2 rings (SSSR count). The predicted octanol–water partition coefficient (Wildman–Crippen LogP) is 0.0277. The fraction of sp³-hybridized carbons (Fsp3) is 0.538. The fourth-order valence-electron chi connectivity index (χ4n) is 2.08. The van der Waals surface area contributed by atoms with Crippen molar-refractivity contribution in [3.8, 4) is 0 Å². The van der Waals surface area contributed by atoms with E-state index in [9.17, 15) is 4.79 Å². The third-order valence-corrected chi connectivity index (χ3v) is 3.07. The van der Waals surface area contributed by atoms with Crippen molar-refractivity contribution >= 4 is 5.97 Å². The number of nitrogens with zero attached hydrogens (tertiary/aromatic N) is 2. The monoisotopic (exact) mass is 265 g/mol. The summed E-state index contributed by atoms with van der Waals surface area (Å²) >= 11 is 0. The Morgan fingerprint density at radius 2 is 2.47 bits per heavy atom. The van der Waals surface area contributed by atoms with Crippen molar-refractivity contribution in [1.82, 2.24) is 9.88 Å². The minimum absolute atomic E-state index is 0.0811. The summed E-state index contributed by atoms with van der Waals surface area (Å²) in [4.78, 5) is 17.9. The third-order valence-electron chi connectivity index (χ3n) is 3.07. The van der Waals surface area contributed by atoms with Crippen molar-refractivity contribution in [3.63, 3.8) is 0 Å². The maximum absolute atomic E-state index is 11.4. The van der Waals surface area contributed by atoms with E-state index in [1.807, 2.05) is 12.1 Å². The minimum atomic E-state index is -0.413. The Kier molecular flexibility index (Phi) is 4.84. The lowest BCUT2D eigenvalue weighted by Crippen LogP contribution is -2.45. The Morgan fingerprint density at radius 1 is 1.63 bits per heavy atom. The molecule has 1 aromatic rings. The van der Waals surface area contributed by atoms with Crippen LogP contribution in [0.15, 0.2) is 18.2 Å². The average molecular weight is 265 g/mol. The Morgan fingerprint density at radius 3 is 3.21 bits per heavy atom. The minimum Gasteiger partial charge on any atom is -0.464 e. The molecule has 1 aliphatic heterocycles. The number of pyridine rings is 1. The first-order valence-electron chi connectivity index (χ1n) is 6.31. The number of carbonyl (C=O) groups excluding carboxylic acids is 1. The van der Waals surface area contributed by atoms with Gasteiger partial charge in [0.25, 0.3) is 0 Å². The van der Waals surface area contributed by atoms with E-state index in [2.05, 4.69) is 14.6 Å². The zero-order chi connectivity index (χ0) is 13.7. The molecular formula is C13H19N3O3. The van der Waals surface area contributed by atoms with Crippen LogP contribution in [0.5, 0.6) is 0 Å². The molecule has 0 aliphatic carbocycles. The molecule has 0 saturated carbocycles. The molecule has 0 bridgehead atoms. The number of hydrogen-bond acceptors (Lipinski definition) is 6. The van der Waals surface area contributed by atoms with Crippen LogP contribution in [0.1, 0.15) is 16.2 Å². The van der Waals surface area contributed by atoms with Gasteiger partial charge >= 0.3 is 5.97 Å². The standard InChI is InChI=1S/C13H19N3O3/c1-18-13(17)12-4-2-3-10(15-12)8-16-5-6-19-11(7-14)9-16/h2-4,11H,5-9,14H2,1H3. The maximum atomic E-state index is 11.4. The van der Waals surface area contributed by atoms with Crippen LogP contribution in [0.2, 0.25) is 0 Å². The van der Waals surface area contributed by atoms with E-state index in [-0.39, 0.29) is 6.10 Å². The van der Waals surface area contributed by atoms with Crippen LogP contribution in [0.4, 0.5) is 0 Å². The van der Waals surface area contributed by atoms with Crippen LogP contribution < -0.4 is 5.73 Å². The molecule has 1 saturated heterocycles. The highest BCUT2D eigenvalue weighted by Gasteiger charge is 2.19. The first kappa shape index (κ1) is 13.9. The molecular weight excluding hydrogens is 246 g/mol. The zero-order valence-corrected chi connectivity index (χ0v) is 11.0. The summed E-state index contributed by atoms with van der Waals surface area (Å²) in [6, 6.07) is 5.37. The molecule has 19 heavy (non-hydrogen) atoms. The lowest BCUT2D eigenvalue weighted by atomic mass is 10.2. The van der Waals surface area contributed by atoms with Crippen molar-refractivity contribution in [2.75, 3.05) is 33.4 Å². The van der Waals surface area contributed by atoms with E-state index in [0.29, 0.717) is 25.4 Å². The number of nitrogens with two attached hydrogens (primary N) is 1. The van der Waals surface area contributed by atoms with Crippen molar-refractivity contribution in [2.45, 2.75) is 12.6 Å². The molecule has 2 heterocycles. The van der Waals surface area contributed by atoms with Crippen LogP contribution in [0.25, 0.3) is 0 Å². The molecule has 6 nitrogen and oxygen atoms in total. The number of ether oxygens (including phenoxy) is 2. The Bertz CT molecular complexity index is 439. The molecule has 2 N–H and O–H groups in total. The zero-order valence-electron chi connectivity index (χ0n) is 11.0. The highest BCUT2D eigenvalue weighted by molar-refractivity contribution is 5.87. The van der Waals surface area contributed by atoms with Crippen molar-refractivity contribution in [3.05, 3.63) is 29.6 Å².